The van der Waals surface area contributed by atoms with E-state index in [1.807, 2.05) is 6.92 Å². The summed E-state index contributed by atoms with van der Waals surface area (Å²) in [7, 11) is 0. The Labute approximate surface area is 188 Å². The molecule has 8 atom stereocenters. The molecule has 3 saturated carbocycles. The molecule has 0 radical (unpaired) electrons. The van der Waals surface area contributed by atoms with Crippen LogP contribution < -0.4 is 0 Å². The summed E-state index contributed by atoms with van der Waals surface area (Å²) in [6.07, 6.45) is 9.40. The van der Waals surface area contributed by atoms with E-state index >= 15 is 0 Å². The molecule has 0 amide bonds. The molecule has 0 bridgehead atoms. The summed E-state index contributed by atoms with van der Waals surface area (Å²) in [6.45, 7) is 11.1. The molecule has 3 N–H and O–H groups in total. The molecular formula is C27H44O4. The molecule has 4 rings (SSSR count). The van der Waals surface area contributed by atoms with Gasteiger partial charge in [-0.2, -0.15) is 0 Å². The fourth-order valence-electron chi connectivity index (χ4n) is 8.28. The van der Waals surface area contributed by atoms with Crippen LogP contribution >= 0.6 is 0 Å². The molecule has 4 nitrogen and oxygen atoms in total. The van der Waals surface area contributed by atoms with Crippen molar-refractivity contribution in [2.75, 3.05) is 0 Å². The van der Waals surface area contributed by atoms with Crippen LogP contribution in [0.5, 0.6) is 0 Å². The maximum absolute atomic E-state index is 13.2. The van der Waals surface area contributed by atoms with Crippen molar-refractivity contribution >= 4 is 5.78 Å². The summed E-state index contributed by atoms with van der Waals surface area (Å²) in [5.41, 5.74) is -2.58. The van der Waals surface area contributed by atoms with Crippen molar-refractivity contribution in [1.82, 2.24) is 0 Å². The SMILES string of the molecule is CC(C)CCC[C@@H](C)[C@@H]1CC[C@@]2(O)C3=CC(=O)[C@H]4C[C@@H](O)CC[C@]4(C)[C@@]3(O)CC[C@]12C. The molecule has 4 aliphatic rings. The van der Waals surface area contributed by atoms with E-state index < -0.39 is 22.7 Å². The lowest BCUT2D eigenvalue weighted by atomic mass is 9.44. The largest absolute Gasteiger partial charge is 0.393 e. The van der Waals surface area contributed by atoms with Crippen molar-refractivity contribution in [3.63, 3.8) is 0 Å². The number of fused-ring (bicyclic) bond motifs is 5. The first kappa shape index (κ1) is 23.4. The molecule has 0 aromatic rings. The van der Waals surface area contributed by atoms with Gasteiger partial charge in [0.15, 0.2) is 5.78 Å². The van der Waals surface area contributed by atoms with Gasteiger partial charge in [0.1, 0.15) is 0 Å². The number of allylic oxidation sites excluding steroid dienone is 1. The first-order chi connectivity index (χ1) is 14.4. The minimum atomic E-state index is -1.16. The number of rotatable bonds is 5. The number of hydrogen-bond acceptors (Lipinski definition) is 4. The molecule has 0 saturated heterocycles. The van der Waals surface area contributed by atoms with Crippen LogP contribution in [0, 0.1) is 34.5 Å². The third kappa shape index (κ3) is 3.22. The van der Waals surface area contributed by atoms with E-state index in [1.165, 1.54) is 19.3 Å². The monoisotopic (exact) mass is 432 g/mol. The fraction of sp³-hybridized carbons (Fsp3) is 0.889. The molecule has 0 unspecified atom stereocenters. The molecule has 0 aromatic heterocycles. The second kappa shape index (κ2) is 7.67. The summed E-state index contributed by atoms with van der Waals surface area (Å²) in [4.78, 5) is 13.2. The van der Waals surface area contributed by atoms with Crippen molar-refractivity contribution in [2.24, 2.45) is 34.5 Å². The number of ketones is 1. The fourth-order valence-corrected chi connectivity index (χ4v) is 8.28. The zero-order valence-corrected chi connectivity index (χ0v) is 20.3. The molecule has 3 fully saturated rings. The lowest BCUT2D eigenvalue weighted by molar-refractivity contribution is -0.191. The summed E-state index contributed by atoms with van der Waals surface area (Å²) >= 11 is 0. The van der Waals surface area contributed by atoms with Crippen LogP contribution in [0.3, 0.4) is 0 Å². The Bertz CT molecular complexity index is 758. The Kier molecular flexibility index (Phi) is 5.80. The van der Waals surface area contributed by atoms with Crippen LogP contribution in [0.1, 0.15) is 98.8 Å². The zero-order valence-electron chi connectivity index (χ0n) is 20.3. The van der Waals surface area contributed by atoms with E-state index in [0.29, 0.717) is 55.4 Å². The van der Waals surface area contributed by atoms with E-state index in [-0.39, 0.29) is 17.1 Å². The predicted molar refractivity (Wildman–Crippen MR) is 122 cm³/mol. The molecule has 0 spiro atoms. The smallest absolute Gasteiger partial charge is 0.159 e. The Balaban J connectivity index is 1.66. The number of aliphatic hydroxyl groups is 3. The van der Waals surface area contributed by atoms with Gasteiger partial charge in [0.25, 0.3) is 0 Å². The van der Waals surface area contributed by atoms with E-state index in [0.717, 1.165) is 12.8 Å². The van der Waals surface area contributed by atoms with Gasteiger partial charge in [-0.05, 0) is 74.3 Å². The third-order valence-corrected chi connectivity index (χ3v) is 10.5. The van der Waals surface area contributed by atoms with Crippen LogP contribution in [0.2, 0.25) is 0 Å². The lowest BCUT2D eigenvalue weighted by Gasteiger charge is -2.63. The highest BCUT2D eigenvalue weighted by atomic mass is 16.3. The van der Waals surface area contributed by atoms with E-state index in [1.54, 1.807) is 6.08 Å². The van der Waals surface area contributed by atoms with E-state index in [4.69, 9.17) is 0 Å². The van der Waals surface area contributed by atoms with Crippen molar-refractivity contribution in [3.8, 4) is 0 Å². The van der Waals surface area contributed by atoms with Crippen LogP contribution in [0.4, 0.5) is 0 Å². The Morgan fingerprint density at radius 2 is 1.65 bits per heavy atom. The molecule has 4 heteroatoms. The van der Waals surface area contributed by atoms with E-state index in [2.05, 4.69) is 27.7 Å². The molecule has 31 heavy (non-hydrogen) atoms. The van der Waals surface area contributed by atoms with Crippen molar-refractivity contribution in [2.45, 2.75) is 116 Å². The highest BCUT2D eigenvalue weighted by molar-refractivity contribution is 5.95. The van der Waals surface area contributed by atoms with Crippen LogP contribution in [-0.2, 0) is 4.79 Å². The number of aliphatic hydroxyl groups excluding tert-OH is 1. The molecular weight excluding hydrogens is 388 g/mol. The molecule has 0 heterocycles. The predicted octanol–water partition coefficient (Wildman–Crippen LogP) is 4.80. The topological polar surface area (TPSA) is 77.8 Å². The summed E-state index contributed by atoms with van der Waals surface area (Å²) < 4.78 is 0. The van der Waals surface area contributed by atoms with Gasteiger partial charge in [0, 0.05) is 16.7 Å². The van der Waals surface area contributed by atoms with E-state index in [9.17, 15) is 20.1 Å². The minimum Gasteiger partial charge on any atom is -0.393 e. The highest BCUT2D eigenvalue weighted by Crippen LogP contribution is 2.69. The first-order valence-corrected chi connectivity index (χ1v) is 12.8. The quantitative estimate of drug-likeness (QED) is 0.583. The van der Waals surface area contributed by atoms with Gasteiger partial charge in [-0.15, -0.1) is 0 Å². The number of carbonyl (C=O) groups is 1. The average Bonchev–Trinajstić information content (AvgIpc) is 2.97. The Morgan fingerprint density at radius 3 is 2.32 bits per heavy atom. The average molecular weight is 433 g/mol. The van der Waals surface area contributed by atoms with Gasteiger partial charge < -0.3 is 15.3 Å². The van der Waals surface area contributed by atoms with Crippen molar-refractivity contribution in [3.05, 3.63) is 11.6 Å². The molecule has 0 aromatic carbocycles. The normalized spacial score (nSPS) is 48.1. The maximum Gasteiger partial charge on any atom is 0.159 e. The van der Waals surface area contributed by atoms with Gasteiger partial charge in [-0.1, -0.05) is 53.9 Å². The standard InChI is InChI=1S/C27H44O4/c1-17(2)7-6-8-18(3)20-10-12-26(30)23-16-22(29)21-15-19(28)9-11-24(21,4)27(23,31)14-13-25(20,26)5/h16-21,28,30-31H,6-15H2,1-5H3/t18-,19+,20+,21-,24+,25-,26-,27-/m1/s1. The van der Waals surface area contributed by atoms with Gasteiger partial charge in [0.05, 0.1) is 17.3 Å². The maximum atomic E-state index is 13.2. The van der Waals surface area contributed by atoms with Gasteiger partial charge in [-0.25, -0.2) is 0 Å². The molecule has 4 aliphatic carbocycles. The lowest BCUT2D eigenvalue weighted by Crippen LogP contribution is -2.68. The summed E-state index contributed by atoms with van der Waals surface area (Å²) in [6, 6.07) is 0. The van der Waals surface area contributed by atoms with Gasteiger partial charge in [-0.3, -0.25) is 4.79 Å². The van der Waals surface area contributed by atoms with Crippen LogP contribution in [-0.4, -0.2) is 38.4 Å². The first-order valence-electron chi connectivity index (χ1n) is 12.8. The Morgan fingerprint density at radius 1 is 0.968 bits per heavy atom. The van der Waals surface area contributed by atoms with Crippen LogP contribution in [0.15, 0.2) is 11.6 Å². The number of hydrogen-bond donors (Lipinski definition) is 3. The van der Waals surface area contributed by atoms with Crippen LogP contribution in [0.25, 0.3) is 0 Å². The zero-order chi connectivity index (χ0) is 22.8. The highest BCUT2D eigenvalue weighted by Gasteiger charge is 2.71. The summed E-state index contributed by atoms with van der Waals surface area (Å²) in [5.74, 6) is 1.28. The Hall–Kier alpha value is -0.710. The summed E-state index contributed by atoms with van der Waals surface area (Å²) in [5, 5.41) is 34.5. The molecule has 176 valence electrons. The third-order valence-electron chi connectivity index (χ3n) is 10.5. The minimum absolute atomic E-state index is 0.00738. The number of carbonyl (C=O) groups excluding carboxylic acids is 1. The molecule has 0 aliphatic heterocycles. The van der Waals surface area contributed by atoms with Crippen molar-refractivity contribution in [1.29, 1.82) is 0 Å². The van der Waals surface area contributed by atoms with Crippen molar-refractivity contribution < 1.29 is 20.1 Å². The second-order valence-corrected chi connectivity index (χ2v) is 12.4. The second-order valence-electron chi connectivity index (χ2n) is 12.4. The van der Waals surface area contributed by atoms with Gasteiger partial charge in [0.2, 0.25) is 0 Å². The van der Waals surface area contributed by atoms with Gasteiger partial charge >= 0.3 is 0 Å².